The van der Waals surface area contributed by atoms with E-state index in [0.29, 0.717) is 40.3 Å². The highest BCUT2D eigenvalue weighted by atomic mass is 35.5. The zero-order valence-electron chi connectivity index (χ0n) is 16.2. The van der Waals surface area contributed by atoms with Gasteiger partial charge in [0.2, 0.25) is 0 Å². The molecule has 1 aliphatic carbocycles. The molecule has 0 saturated carbocycles. The number of nitro benzene ring substituents is 1. The minimum Gasteiger partial charge on any atom is -0.361 e. The topological polar surface area (TPSA) is 96.0 Å². The summed E-state index contributed by atoms with van der Waals surface area (Å²) in [5.41, 5.74) is 4.26. The maximum atomic E-state index is 13.2. The van der Waals surface area contributed by atoms with Gasteiger partial charge in [0.25, 0.3) is 5.69 Å². The van der Waals surface area contributed by atoms with Crippen LogP contribution in [-0.4, -0.2) is 10.7 Å². The van der Waals surface area contributed by atoms with E-state index in [-0.39, 0.29) is 17.4 Å². The number of nitro groups is 1. The van der Waals surface area contributed by atoms with E-state index < -0.39 is 10.8 Å². The van der Waals surface area contributed by atoms with Crippen LogP contribution in [0.2, 0.25) is 5.02 Å². The summed E-state index contributed by atoms with van der Waals surface area (Å²) >= 11 is 5.99. The van der Waals surface area contributed by atoms with Crippen LogP contribution < -0.4 is 5.32 Å². The smallest absolute Gasteiger partial charge is 0.269 e. The van der Waals surface area contributed by atoms with Gasteiger partial charge in [-0.05, 0) is 42.5 Å². The molecule has 6 nitrogen and oxygen atoms in total. The van der Waals surface area contributed by atoms with Crippen molar-refractivity contribution in [2.45, 2.75) is 31.6 Å². The second-order valence-electron chi connectivity index (χ2n) is 7.53. The summed E-state index contributed by atoms with van der Waals surface area (Å²) in [6.07, 6.45) is 0.978. The zero-order chi connectivity index (χ0) is 21.4. The van der Waals surface area contributed by atoms with Gasteiger partial charge in [-0.25, -0.2) is 0 Å². The van der Waals surface area contributed by atoms with Gasteiger partial charge in [0.15, 0.2) is 5.78 Å². The van der Waals surface area contributed by atoms with Crippen molar-refractivity contribution in [1.29, 1.82) is 5.26 Å². The Bertz CT molecular complexity index is 1140. The normalized spacial score (nSPS) is 21.0. The van der Waals surface area contributed by atoms with Gasteiger partial charge in [-0.15, -0.1) is 0 Å². The van der Waals surface area contributed by atoms with E-state index in [2.05, 4.69) is 11.4 Å². The number of carbonyl (C=O) groups is 1. The fourth-order valence-corrected chi connectivity index (χ4v) is 4.41. The highest BCUT2D eigenvalue weighted by Crippen LogP contribution is 2.45. The molecule has 0 unspecified atom stereocenters. The minimum atomic E-state index is -0.522. The highest BCUT2D eigenvalue weighted by Gasteiger charge is 2.39. The van der Waals surface area contributed by atoms with Crippen LogP contribution >= 0.6 is 11.6 Å². The molecule has 1 heterocycles. The number of ketones is 1. The Morgan fingerprint density at radius 2 is 1.73 bits per heavy atom. The lowest BCUT2D eigenvalue weighted by atomic mass is 9.72. The van der Waals surface area contributed by atoms with Crippen LogP contribution in [0.25, 0.3) is 0 Å². The molecule has 2 aromatic rings. The average Bonchev–Trinajstić information content (AvgIpc) is 2.73. The number of carbonyl (C=O) groups excluding carboxylic acids is 1. The molecule has 0 spiro atoms. The van der Waals surface area contributed by atoms with Gasteiger partial charge < -0.3 is 5.32 Å². The van der Waals surface area contributed by atoms with Gasteiger partial charge >= 0.3 is 0 Å². The second kappa shape index (κ2) is 7.77. The molecule has 1 N–H and O–H groups in total. The quantitative estimate of drug-likeness (QED) is 0.549. The fourth-order valence-electron chi connectivity index (χ4n) is 4.28. The maximum absolute atomic E-state index is 13.2. The number of hydrogen-bond acceptors (Lipinski definition) is 5. The number of nitrogens with one attached hydrogen (secondary N) is 1. The number of halogens is 1. The number of rotatable bonds is 3. The predicted molar refractivity (Wildman–Crippen MR) is 113 cm³/mol. The van der Waals surface area contributed by atoms with E-state index in [4.69, 9.17) is 11.6 Å². The molecule has 0 radical (unpaired) electrons. The predicted octanol–water partition coefficient (Wildman–Crippen LogP) is 5.13. The molecule has 30 heavy (non-hydrogen) atoms. The molecule has 2 atom stereocenters. The molecule has 0 amide bonds. The number of benzene rings is 2. The van der Waals surface area contributed by atoms with Gasteiger partial charge in [0.1, 0.15) is 0 Å². The highest BCUT2D eigenvalue weighted by molar-refractivity contribution is 6.30. The van der Waals surface area contributed by atoms with Crippen LogP contribution in [0.15, 0.2) is 71.1 Å². The first-order chi connectivity index (χ1) is 14.4. The lowest BCUT2D eigenvalue weighted by molar-refractivity contribution is -0.384. The van der Waals surface area contributed by atoms with Crippen molar-refractivity contribution >= 4 is 23.1 Å². The van der Waals surface area contributed by atoms with Crippen molar-refractivity contribution in [3.63, 3.8) is 0 Å². The fraction of sp³-hybridized carbons (Fsp3) is 0.217. The number of Topliss-reactive ketones (excluding diaryl/α,β-unsaturated/α-hetero) is 1. The third kappa shape index (κ3) is 3.49. The van der Waals surface area contributed by atoms with Crippen molar-refractivity contribution in [3.05, 3.63) is 97.3 Å². The molecule has 2 aliphatic rings. The average molecular weight is 420 g/mol. The first kappa shape index (κ1) is 19.9. The van der Waals surface area contributed by atoms with E-state index in [9.17, 15) is 20.2 Å². The third-order valence-corrected chi connectivity index (χ3v) is 5.98. The molecule has 1 aliphatic heterocycles. The van der Waals surface area contributed by atoms with Crippen molar-refractivity contribution < 1.29 is 9.72 Å². The van der Waals surface area contributed by atoms with Crippen LogP contribution in [0.5, 0.6) is 0 Å². The first-order valence-corrected chi connectivity index (χ1v) is 9.90. The van der Waals surface area contributed by atoms with Gasteiger partial charge in [-0.3, -0.25) is 14.9 Å². The first-order valence-electron chi connectivity index (χ1n) is 9.53. The standard InChI is InChI=1S/C23H18ClN3O3/c1-13-19(12-25)22(15-4-8-18(9-5-15)27(29)30)23-20(26-13)10-16(11-21(23)28)14-2-6-17(24)7-3-14/h2-9,16,22,26H,10-11H2,1H3/t16-,22-/m0/s1. The van der Waals surface area contributed by atoms with E-state index in [1.54, 1.807) is 12.1 Å². The molecule has 7 heteroatoms. The Balaban J connectivity index is 1.76. The van der Waals surface area contributed by atoms with Crippen LogP contribution in [0.4, 0.5) is 5.69 Å². The summed E-state index contributed by atoms with van der Waals surface area (Å²) in [6.45, 7) is 1.82. The van der Waals surface area contributed by atoms with Crippen LogP contribution in [0.3, 0.4) is 0 Å². The van der Waals surface area contributed by atoms with Crippen LogP contribution in [-0.2, 0) is 4.79 Å². The van der Waals surface area contributed by atoms with E-state index in [1.807, 2.05) is 31.2 Å². The van der Waals surface area contributed by atoms with Gasteiger partial charge in [-0.1, -0.05) is 35.9 Å². The van der Waals surface area contributed by atoms with Crippen molar-refractivity contribution in [2.75, 3.05) is 0 Å². The Labute approximate surface area is 178 Å². The van der Waals surface area contributed by atoms with E-state index >= 15 is 0 Å². The number of nitrogens with zero attached hydrogens (tertiary/aromatic N) is 2. The molecule has 0 bridgehead atoms. The third-order valence-electron chi connectivity index (χ3n) is 5.73. The summed E-state index contributed by atoms with van der Waals surface area (Å²) in [4.78, 5) is 23.8. The van der Waals surface area contributed by atoms with Crippen molar-refractivity contribution in [3.8, 4) is 6.07 Å². The monoisotopic (exact) mass is 419 g/mol. The lowest BCUT2D eigenvalue weighted by Gasteiger charge is -2.35. The van der Waals surface area contributed by atoms with E-state index in [0.717, 1.165) is 11.3 Å². The largest absolute Gasteiger partial charge is 0.361 e. The lowest BCUT2D eigenvalue weighted by Crippen LogP contribution is -2.33. The second-order valence-corrected chi connectivity index (χ2v) is 7.97. The summed E-state index contributed by atoms with van der Waals surface area (Å²) in [6, 6.07) is 15.8. The number of hydrogen-bond donors (Lipinski definition) is 1. The van der Waals surface area contributed by atoms with Crippen molar-refractivity contribution in [1.82, 2.24) is 5.32 Å². The number of nitriles is 1. The van der Waals surface area contributed by atoms with E-state index in [1.165, 1.54) is 12.1 Å². The van der Waals surface area contributed by atoms with Crippen LogP contribution in [0.1, 0.15) is 42.7 Å². The Kier molecular flexibility index (Phi) is 5.15. The number of allylic oxidation sites excluding steroid dienone is 4. The van der Waals surface area contributed by atoms with Gasteiger partial charge in [0, 0.05) is 40.5 Å². The summed E-state index contributed by atoms with van der Waals surface area (Å²) in [5, 5.41) is 24.7. The summed E-state index contributed by atoms with van der Waals surface area (Å²) in [7, 11) is 0. The Morgan fingerprint density at radius 1 is 1.10 bits per heavy atom. The number of non-ortho nitro benzene ring substituents is 1. The maximum Gasteiger partial charge on any atom is 0.269 e. The molecule has 0 fully saturated rings. The SMILES string of the molecule is CC1=C(C#N)[C@H](c2ccc([N+](=O)[O-])cc2)C2=C(C[C@H](c3ccc(Cl)cc3)CC2=O)N1. The summed E-state index contributed by atoms with van der Waals surface area (Å²) < 4.78 is 0. The van der Waals surface area contributed by atoms with Gasteiger partial charge in [-0.2, -0.15) is 5.26 Å². The van der Waals surface area contributed by atoms with Crippen LogP contribution in [0, 0.1) is 21.4 Å². The molecular formula is C23H18ClN3O3. The molecular weight excluding hydrogens is 402 g/mol. The van der Waals surface area contributed by atoms with Crippen molar-refractivity contribution in [2.24, 2.45) is 0 Å². The Morgan fingerprint density at radius 3 is 2.33 bits per heavy atom. The Hall–Kier alpha value is -3.43. The minimum absolute atomic E-state index is 0.0210. The molecule has 4 rings (SSSR count). The molecule has 2 aromatic carbocycles. The molecule has 150 valence electrons. The summed E-state index contributed by atoms with van der Waals surface area (Å²) in [5.74, 6) is -0.520. The van der Waals surface area contributed by atoms with Gasteiger partial charge in [0.05, 0.1) is 22.5 Å². The molecule has 0 aromatic heterocycles. The molecule has 0 saturated heterocycles. The zero-order valence-corrected chi connectivity index (χ0v) is 16.9. The number of dihydropyridines is 1.